The molecule has 4 rings (SSSR count). The van der Waals surface area contributed by atoms with E-state index in [2.05, 4.69) is 20.2 Å². The molecule has 3 unspecified atom stereocenters. The van der Waals surface area contributed by atoms with Crippen molar-refractivity contribution in [1.82, 2.24) is 15.2 Å². The van der Waals surface area contributed by atoms with Gasteiger partial charge in [0.2, 0.25) is 0 Å². The summed E-state index contributed by atoms with van der Waals surface area (Å²) in [5, 5.41) is 13.8. The number of carbonyl (C=O) groups excluding carboxylic acids is 1. The van der Waals surface area contributed by atoms with E-state index in [0.29, 0.717) is 56.5 Å². The number of unbranched alkanes of at least 4 members (excludes halogenated alkanes) is 1. The Bertz CT molecular complexity index is 1170. The Morgan fingerprint density at radius 3 is 2.79 bits per heavy atom. The summed E-state index contributed by atoms with van der Waals surface area (Å²) in [5.41, 5.74) is 2.99. The first-order valence-electron chi connectivity index (χ1n) is 13.2. The standard InChI is InChI=1S/C29H36F2N4O3/c1-19-24(17-33-20(2)34-19)29(37)38-14-6-4-7-23(36)18-35-13-11-21(27-8-3-5-12-32-27)16-28(35)22-9-10-25(30)26(31)15-22/h3,5,8-10,12,15,21,23,28,36H,4,6-7,11,13-14,16-18H2,1-2H3,(H,33,34). The maximum atomic E-state index is 14.1. The van der Waals surface area contributed by atoms with Gasteiger partial charge in [-0.25, -0.2) is 13.6 Å². The molecule has 2 aliphatic rings. The Morgan fingerprint density at radius 2 is 2.05 bits per heavy atom. The maximum absolute atomic E-state index is 14.1. The predicted octanol–water partition coefficient (Wildman–Crippen LogP) is 4.65. The van der Waals surface area contributed by atoms with E-state index >= 15 is 0 Å². The van der Waals surface area contributed by atoms with Crippen LogP contribution in [0.25, 0.3) is 0 Å². The number of β-amino-alcohol motifs (C(OH)–C–C–N with tert-alkyl or cyclic N) is 1. The highest BCUT2D eigenvalue weighted by Crippen LogP contribution is 2.39. The minimum Gasteiger partial charge on any atom is -0.462 e. The zero-order chi connectivity index (χ0) is 27.1. The van der Waals surface area contributed by atoms with Gasteiger partial charge < -0.3 is 15.2 Å². The number of halogens is 2. The molecule has 2 aromatic rings. The zero-order valence-electron chi connectivity index (χ0n) is 22.0. The van der Waals surface area contributed by atoms with Gasteiger partial charge in [0.1, 0.15) is 0 Å². The number of carbonyl (C=O) groups is 1. The molecular weight excluding hydrogens is 490 g/mol. The van der Waals surface area contributed by atoms with Crippen LogP contribution in [0.15, 0.2) is 58.9 Å². The van der Waals surface area contributed by atoms with Crippen LogP contribution in [0.2, 0.25) is 0 Å². The monoisotopic (exact) mass is 526 g/mol. The highest BCUT2D eigenvalue weighted by Gasteiger charge is 2.32. The van der Waals surface area contributed by atoms with Gasteiger partial charge in [-0.2, -0.15) is 0 Å². The predicted molar refractivity (Wildman–Crippen MR) is 142 cm³/mol. The van der Waals surface area contributed by atoms with E-state index in [9.17, 15) is 18.7 Å². The normalized spacial score (nSPS) is 21.0. The van der Waals surface area contributed by atoms with E-state index in [1.165, 1.54) is 12.1 Å². The number of aliphatic hydroxyl groups is 1. The van der Waals surface area contributed by atoms with E-state index in [-0.39, 0.29) is 24.5 Å². The molecule has 0 bridgehead atoms. The molecule has 1 aromatic carbocycles. The number of hydrogen-bond acceptors (Lipinski definition) is 7. The van der Waals surface area contributed by atoms with Crippen LogP contribution in [-0.4, -0.2) is 59.1 Å². The minimum absolute atomic E-state index is 0.159. The van der Waals surface area contributed by atoms with Crippen LogP contribution in [-0.2, 0) is 9.53 Å². The van der Waals surface area contributed by atoms with Gasteiger partial charge >= 0.3 is 5.97 Å². The van der Waals surface area contributed by atoms with E-state index in [1.807, 2.05) is 32.0 Å². The number of nitrogens with zero attached hydrogens (tertiary/aromatic N) is 3. The lowest BCUT2D eigenvalue weighted by atomic mass is 9.84. The number of rotatable bonds is 10. The van der Waals surface area contributed by atoms with Gasteiger partial charge in [-0.15, -0.1) is 0 Å². The first-order chi connectivity index (χ1) is 18.3. The molecular formula is C29H36F2N4O3. The van der Waals surface area contributed by atoms with Crippen molar-refractivity contribution < 1.29 is 23.4 Å². The van der Waals surface area contributed by atoms with Crippen LogP contribution < -0.4 is 5.32 Å². The van der Waals surface area contributed by atoms with Gasteiger partial charge in [-0.1, -0.05) is 12.1 Å². The van der Waals surface area contributed by atoms with E-state index in [4.69, 9.17) is 4.74 Å². The Morgan fingerprint density at radius 1 is 1.21 bits per heavy atom. The largest absolute Gasteiger partial charge is 0.462 e. The quantitative estimate of drug-likeness (QED) is 0.346. The third kappa shape index (κ3) is 7.23. The van der Waals surface area contributed by atoms with Crippen LogP contribution in [0.4, 0.5) is 8.78 Å². The molecule has 1 aromatic heterocycles. The number of nitrogens with one attached hydrogen (secondary N) is 1. The number of allylic oxidation sites excluding steroid dienone is 1. The molecule has 9 heteroatoms. The molecule has 0 saturated carbocycles. The first kappa shape index (κ1) is 27.9. The highest BCUT2D eigenvalue weighted by molar-refractivity contribution is 5.93. The van der Waals surface area contributed by atoms with Gasteiger partial charge in [0.05, 0.1) is 30.7 Å². The SMILES string of the molecule is CC1=NCC(C(=O)OCCCCC(O)CN2CCC(c3ccccn3)CC2c2ccc(F)c(F)c2)=C(C)N1. The fourth-order valence-electron chi connectivity index (χ4n) is 5.20. The number of aliphatic imine (C=N–C) groups is 1. The van der Waals surface area contributed by atoms with Crippen LogP contribution >= 0.6 is 0 Å². The second-order valence-electron chi connectivity index (χ2n) is 10.1. The summed E-state index contributed by atoms with van der Waals surface area (Å²) in [7, 11) is 0. The lowest BCUT2D eigenvalue weighted by Gasteiger charge is -2.40. The van der Waals surface area contributed by atoms with Crippen molar-refractivity contribution in [2.45, 2.75) is 64.0 Å². The van der Waals surface area contributed by atoms with Crippen molar-refractivity contribution in [2.24, 2.45) is 4.99 Å². The Labute approximate surface area is 222 Å². The molecule has 204 valence electrons. The van der Waals surface area contributed by atoms with Crippen LogP contribution in [0.5, 0.6) is 0 Å². The maximum Gasteiger partial charge on any atom is 0.337 e. The number of hydrogen-bond donors (Lipinski definition) is 2. The molecule has 1 saturated heterocycles. The lowest BCUT2D eigenvalue weighted by molar-refractivity contribution is -0.139. The molecule has 0 aliphatic carbocycles. The van der Waals surface area contributed by atoms with Gasteiger partial charge in [0, 0.05) is 36.1 Å². The van der Waals surface area contributed by atoms with E-state index < -0.39 is 17.7 Å². The third-order valence-electron chi connectivity index (χ3n) is 7.30. The molecule has 38 heavy (non-hydrogen) atoms. The van der Waals surface area contributed by atoms with Gasteiger partial charge in [0.25, 0.3) is 0 Å². The number of aliphatic hydroxyl groups excluding tert-OH is 1. The smallest absolute Gasteiger partial charge is 0.337 e. The number of pyridine rings is 1. The molecule has 0 radical (unpaired) electrons. The van der Waals surface area contributed by atoms with E-state index in [0.717, 1.165) is 23.6 Å². The number of benzene rings is 1. The second-order valence-corrected chi connectivity index (χ2v) is 10.1. The topological polar surface area (TPSA) is 87.1 Å². The number of amidine groups is 1. The Balaban J connectivity index is 1.29. The average molecular weight is 527 g/mol. The van der Waals surface area contributed by atoms with Crippen LogP contribution in [0, 0.1) is 11.6 Å². The van der Waals surface area contributed by atoms with E-state index in [1.54, 1.807) is 12.3 Å². The van der Waals surface area contributed by atoms with Gasteiger partial charge in [-0.05, 0) is 82.3 Å². The Hall–Kier alpha value is -3.17. The van der Waals surface area contributed by atoms with Crippen molar-refractivity contribution in [1.29, 1.82) is 0 Å². The summed E-state index contributed by atoms with van der Waals surface area (Å²) < 4.78 is 33.1. The number of ether oxygens (including phenoxy) is 1. The third-order valence-corrected chi connectivity index (χ3v) is 7.30. The molecule has 7 nitrogen and oxygen atoms in total. The molecule has 2 N–H and O–H groups in total. The molecule has 3 heterocycles. The van der Waals surface area contributed by atoms with Crippen molar-refractivity contribution in [3.63, 3.8) is 0 Å². The zero-order valence-corrected chi connectivity index (χ0v) is 22.0. The van der Waals surface area contributed by atoms with Crippen molar-refractivity contribution in [2.75, 3.05) is 26.2 Å². The highest BCUT2D eigenvalue weighted by atomic mass is 19.2. The number of aromatic nitrogens is 1. The Kier molecular flexibility index (Phi) is 9.58. The summed E-state index contributed by atoms with van der Waals surface area (Å²) in [4.78, 5) is 23.2. The minimum atomic E-state index is -0.868. The number of likely N-dealkylation sites (tertiary alicyclic amines) is 1. The molecule has 3 atom stereocenters. The van der Waals surface area contributed by atoms with Gasteiger partial charge in [0.15, 0.2) is 11.6 Å². The van der Waals surface area contributed by atoms with Crippen molar-refractivity contribution >= 4 is 11.8 Å². The number of esters is 1. The summed E-state index contributed by atoms with van der Waals surface area (Å²) in [6, 6.07) is 9.74. The molecule has 1 fully saturated rings. The number of piperidine rings is 1. The van der Waals surface area contributed by atoms with Gasteiger partial charge in [-0.3, -0.25) is 14.9 Å². The summed E-state index contributed by atoms with van der Waals surface area (Å²) in [6.45, 7) is 5.41. The van der Waals surface area contributed by atoms with Crippen LogP contribution in [0.3, 0.4) is 0 Å². The second kappa shape index (κ2) is 13.1. The molecule has 2 aliphatic heterocycles. The fraction of sp³-hybridized carbons (Fsp3) is 0.483. The van der Waals surface area contributed by atoms with Crippen molar-refractivity contribution in [3.8, 4) is 0 Å². The molecule has 0 amide bonds. The summed E-state index contributed by atoms with van der Waals surface area (Å²) in [6.07, 6.45) is 4.64. The summed E-state index contributed by atoms with van der Waals surface area (Å²) in [5.74, 6) is -1.12. The fourth-order valence-corrected chi connectivity index (χ4v) is 5.20. The lowest BCUT2D eigenvalue weighted by Crippen LogP contribution is -2.41. The molecule has 0 spiro atoms. The first-order valence-corrected chi connectivity index (χ1v) is 13.2. The van der Waals surface area contributed by atoms with Crippen molar-refractivity contribution in [3.05, 3.63) is 76.8 Å². The van der Waals surface area contributed by atoms with Crippen LogP contribution in [0.1, 0.15) is 69.2 Å². The summed E-state index contributed by atoms with van der Waals surface area (Å²) >= 11 is 0. The average Bonchev–Trinajstić information content (AvgIpc) is 2.90.